The summed E-state index contributed by atoms with van der Waals surface area (Å²) in [5.74, 6) is 1.12. The first kappa shape index (κ1) is 16.8. The average Bonchev–Trinajstić information content (AvgIpc) is 2.42. The van der Waals surface area contributed by atoms with Gasteiger partial charge >= 0.3 is 0 Å². The van der Waals surface area contributed by atoms with Crippen molar-refractivity contribution in [2.75, 3.05) is 19.6 Å². The van der Waals surface area contributed by atoms with Crippen LogP contribution in [-0.2, 0) is 4.79 Å². The van der Waals surface area contributed by atoms with Crippen LogP contribution in [0.5, 0.6) is 0 Å². The Morgan fingerprint density at radius 1 is 1.24 bits per heavy atom. The predicted octanol–water partition coefficient (Wildman–Crippen LogP) is 2.16. The van der Waals surface area contributed by atoms with E-state index in [1.165, 1.54) is 0 Å². The van der Waals surface area contributed by atoms with Crippen molar-refractivity contribution in [3.05, 3.63) is 0 Å². The fraction of sp³-hybridized carbons (Fsp3) is 0.941. The molecule has 0 spiro atoms. The molecule has 0 aromatic carbocycles. The molecule has 0 aromatic heterocycles. The highest BCUT2D eigenvalue weighted by molar-refractivity contribution is 5.78. The average molecular weight is 296 g/mol. The first-order chi connectivity index (χ1) is 9.88. The van der Waals surface area contributed by atoms with Crippen LogP contribution in [0.25, 0.3) is 0 Å². The summed E-state index contributed by atoms with van der Waals surface area (Å²) in [6.45, 7) is 8.96. The molecular formula is C17H32N2O2. The Morgan fingerprint density at radius 2 is 1.81 bits per heavy atom. The molecule has 2 N–H and O–H groups in total. The normalized spacial score (nSPS) is 32.3. The van der Waals surface area contributed by atoms with Crippen LogP contribution in [0.1, 0.15) is 59.3 Å². The molecule has 0 aromatic rings. The SMILES string of the molecule is CC1CCC(O)(CN2CCC(C(=O)NC(C)C)CC2)CC1. The molecule has 2 rings (SSSR count). The Balaban J connectivity index is 1.75. The van der Waals surface area contributed by atoms with Gasteiger partial charge in [-0.3, -0.25) is 4.79 Å². The van der Waals surface area contributed by atoms with E-state index in [4.69, 9.17) is 0 Å². The van der Waals surface area contributed by atoms with Gasteiger partial charge in [-0.25, -0.2) is 0 Å². The fourth-order valence-electron chi connectivity index (χ4n) is 3.63. The third-order valence-electron chi connectivity index (χ3n) is 5.11. The summed E-state index contributed by atoms with van der Waals surface area (Å²) < 4.78 is 0. The van der Waals surface area contributed by atoms with Crippen molar-refractivity contribution in [3.8, 4) is 0 Å². The first-order valence-corrected chi connectivity index (χ1v) is 8.63. The minimum Gasteiger partial charge on any atom is -0.389 e. The van der Waals surface area contributed by atoms with E-state index in [1.54, 1.807) is 0 Å². The zero-order chi connectivity index (χ0) is 15.5. The predicted molar refractivity (Wildman–Crippen MR) is 85.0 cm³/mol. The summed E-state index contributed by atoms with van der Waals surface area (Å²) in [4.78, 5) is 14.4. The number of piperidine rings is 1. The van der Waals surface area contributed by atoms with Gasteiger partial charge in [-0.15, -0.1) is 0 Å². The van der Waals surface area contributed by atoms with E-state index in [-0.39, 0.29) is 17.9 Å². The maximum Gasteiger partial charge on any atom is 0.223 e. The number of carbonyl (C=O) groups excluding carboxylic acids is 1. The van der Waals surface area contributed by atoms with Crippen LogP contribution >= 0.6 is 0 Å². The molecule has 21 heavy (non-hydrogen) atoms. The lowest BCUT2D eigenvalue weighted by Crippen LogP contribution is -2.49. The molecule has 1 saturated carbocycles. The zero-order valence-corrected chi connectivity index (χ0v) is 13.9. The van der Waals surface area contributed by atoms with Crippen molar-refractivity contribution in [3.63, 3.8) is 0 Å². The number of carbonyl (C=O) groups is 1. The van der Waals surface area contributed by atoms with Gasteiger partial charge in [-0.2, -0.15) is 0 Å². The van der Waals surface area contributed by atoms with E-state index < -0.39 is 5.60 Å². The van der Waals surface area contributed by atoms with E-state index in [1.807, 2.05) is 13.8 Å². The highest BCUT2D eigenvalue weighted by Gasteiger charge is 2.35. The number of β-amino-alcohol motifs (C(OH)–C–C–N with tert-alkyl or cyclic N) is 1. The van der Waals surface area contributed by atoms with Crippen LogP contribution in [0.2, 0.25) is 0 Å². The molecule has 2 aliphatic rings. The van der Waals surface area contributed by atoms with E-state index in [0.29, 0.717) is 0 Å². The Hall–Kier alpha value is -0.610. The van der Waals surface area contributed by atoms with Crippen molar-refractivity contribution in [1.82, 2.24) is 10.2 Å². The Morgan fingerprint density at radius 3 is 2.33 bits per heavy atom. The van der Waals surface area contributed by atoms with E-state index >= 15 is 0 Å². The van der Waals surface area contributed by atoms with Crippen molar-refractivity contribution in [2.24, 2.45) is 11.8 Å². The van der Waals surface area contributed by atoms with Gasteiger partial charge in [0.15, 0.2) is 0 Å². The number of nitrogens with one attached hydrogen (secondary N) is 1. The Kier molecular flexibility index (Phi) is 5.67. The monoisotopic (exact) mass is 296 g/mol. The number of amides is 1. The highest BCUT2D eigenvalue weighted by Crippen LogP contribution is 2.33. The smallest absolute Gasteiger partial charge is 0.223 e. The Bertz CT molecular complexity index is 341. The van der Waals surface area contributed by atoms with Crippen LogP contribution in [0.3, 0.4) is 0 Å². The maximum atomic E-state index is 12.0. The Labute approximate surface area is 129 Å². The summed E-state index contributed by atoms with van der Waals surface area (Å²) >= 11 is 0. The molecule has 2 fully saturated rings. The zero-order valence-electron chi connectivity index (χ0n) is 13.9. The number of nitrogens with zero attached hydrogens (tertiary/aromatic N) is 1. The molecule has 0 atom stereocenters. The molecule has 0 radical (unpaired) electrons. The fourth-order valence-corrected chi connectivity index (χ4v) is 3.63. The summed E-state index contributed by atoms with van der Waals surface area (Å²) in [6, 6.07) is 0.223. The second-order valence-corrected chi connectivity index (χ2v) is 7.62. The molecule has 1 saturated heterocycles. The maximum absolute atomic E-state index is 12.0. The second kappa shape index (κ2) is 7.10. The van der Waals surface area contributed by atoms with Gasteiger partial charge in [0, 0.05) is 18.5 Å². The molecule has 4 heteroatoms. The number of aliphatic hydroxyl groups is 1. The molecule has 122 valence electrons. The molecule has 1 aliphatic heterocycles. The lowest BCUT2D eigenvalue weighted by molar-refractivity contribution is -0.127. The van der Waals surface area contributed by atoms with Crippen molar-refractivity contribution in [2.45, 2.75) is 70.9 Å². The van der Waals surface area contributed by atoms with Crippen molar-refractivity contribution in [1.29, 1.82) is 0 Å². The molecule has 1 amide bonds. The van der Waals surface area contributed by atoms with Gasteiger partial charge in [0.05, 0.1) is 5.60 Å². The standard InChI is InChI=1S/C17H32N2O2/c1-13(2)18-16(20)15-6-10-19(11-7-15)12-17(21)8-4-14(3)5-9-17/h13-15,21H,4-12H2,1-3H3,(H,18,20). The third-order valence-corrected chi connectivity index (χ3v) is 5.11. The van der Waals surface area contributed by atoms with Crippen LogP contribution in [0.4, 0.5) is 0 Å². The number of hydrogen-bond donors (Lipinski definition) is 2. The van der Waals surface area contributed by atoms with Gasteiger partial charge in [-0.05, 0) is 71.4 Å². The summed E-state index contributed by atoms with van der Waals surface area (Å²) in [7, 11) is 0. The van der Waals surface area contributed by atoms with Crippen LogP contribution in [0, 0.1) is 11.8 Å². The van der Waals surface area contributed by atoms with Crippen LogP contribution in [0.15, 0.2) is 0 Å². The summed E-state index contributed by atoms with van der Waals surface area (Å²) in [6.07, 6.45) is 5.99. The summed E-state index contributed by atoms with van der Waals surface area (Å²) in [5, 5.41) is 13.7. The topological polar surface area (TPSA) is 52.6 Å². The third kappa shape index (κ3) is 4.96. The van der Waals surface area contributed by atoms with Crippen LogP contribution < -0.4 is 5.32 Å². The van der Waals surface area contributed by atoms with E-state index in [0.717, 1.165) is 64.1 Å². The lowest BCUT2D eigenvalue weighted by Gasteiger charge is -2.41. The summed E-state index contributed by atoms with van der Waals surface area (Å²) in [5.41, 5.74) is -0.487. The van der Waals surface area contributed by atoms with Gasteiger partial charge in [-0.1, -0.05) is 6.92 Å². The molecule has 1 aliphatic carbocycles. The molecular weight excluding hydrogens is 264 g/mol. The molecule has 4 nitrogen and oxygen atoms in total. The number of hydrogen-bond acceptors (Lipinski definition) is 3. The van der Waals surface area contributed by atoms with Gasteiger partial charge in [0.25, 0.3) is 0 Å². The van der Waals surface area contributed by atoms with Crippen molar-refractivity contribution < 1.29 is 9.90 Å². The van der Waals surface area contributed by atoms with Gasteiger partial charge < -0.3 is 15.3 Å². The van der Waals surface area contributed by atoms with Gasteiger partial charge in [0.2, 0.25) is 5.91 Å². The quantitative estimate of drug-likeness (QED) is 0.836. The number of likely N-dealkylation sites (tertiary alicyclic amines) is 1. The second-order valence-electron chi connectivity index (χ2n) is 7.62. The minimum absolute atomic E-state index is 0.157. The molecule has 0 bridgehead atoms. The highest BCUT2D eigenvalue weighted by atomic mass is 16.3. The molecule has 0 unspecified atom stereocenters. The number of rotatable bonds is 4. The minimum atomic E-state index is -0.487. The van der Waals surface area contributed by atoms with Crippen LogP contribution in [-0.4, -0.2) is 47.2 Å². The largest absolute Gasteiger partial charge is 0.389 e. The van der Waals surface area contributed by atoms with Gasteiger partial charge in [0.1, 0.15) is 0 Å². The first-order valence-electron chi connectivity index (χ1n) is 8.63. The van der Waals surface area contributed by atoms with Crippen molar-refractivity contribution >= 4 is 5.91 Å². The lowest BCUT2D eigenvalue weighted by atomic mass is 9.79. The van der Waals surface area contributed by atoms with E-state index in [2.05, 4.69) is 17.1 Å². The van der Waals surface area contributed by atoms with E-state index in [9.17, 15) is 9.90 Å². The molecule has 1 heterocycles.